The molecule has 124 valence electrons. The molecule has 1 aliphatic rings. The molecule has 0 aliphatic carbocycles. The number of urea groups is 1. The highest BCUT2D eigenvalue weighted by molar-refractivity contribution is 6.31. The summed E-state index contributed by atoms with van der Waals surface area (Å²) in [7, 11) is 0. The number of hydrogen-bond donors (Lipinski definition) is 2. The molecule has 6 nitrogen and oxygen atoms in total. The van der Waals surface area contributed by atoms with Gasteiger partial charge in [-0.05, 0) is 24.0 Å². The van der Waals surface area contributed by atoms with Crippen molar-refractivity contribution >= 4 is 29.4 Å². The maximum absolute atomic E-state index is 12.2. The molecule has 1 heterocycles. The summed E-state index contributed by atoms with van der Waals surface area (Å²) in [6.07, 6.45) is 0.558. The van der Waals surface area contributed by atoms with Crippen molar-refractivity contribution in [3.05, 3.63) is 34.9 Å². The predicted molar refractivity (Wildman–Crippen MR) is 86.8 cm³/mol. The second-order valence-corrected chi connectivity index (χ2v) is 6.33. The number of hydrogen-bond acceptors (Lipinski definition) is 3. The molecule has 1 atom stereocenters. The van der Waals surface area contributed by atoms with E-state index in [9.17, 15) is 14.4 Å². The summed E-state index contributed by atoms with van der Waals surface area (Å²) >= 11 is 6.01. The normalized spacial score (nSPS) is 17.6. The highest BCUT2D eigenvalue weighted by Gasteiger charge is 2.38. The first-order chi connectivity index (χ1) is 10.9. The number of nitrogens with one attached hydrogen (secondary N) is 2. The maximum Gasteiger partial charge on any atom is 0.325 e. The first-order valence-corrected chi connectivity index (χ1v) is 7.88. The van der Waals surface area contributed by atoms with Gasteiger partial charge in [-0.1, -0.05) is 43.6 Å². The number of halogens is 1. The van der Waals surface area contributed by atoms with Crippen molar-refractivity contribution in [3.8, 4) is 0 Å². The van der Waals surface area contributed by atoms with Crippen LogP contribution < -0.4 is 10.6 Å². The summed E-state index contributed by atoms with van der Waals surface area (Å²) < 4.78 is 0. The summed E-state index contributed by atoms with van der Waals surface area (Å²) in [5.74, 6) is -0.478. The fourth-order valence-corrected chi connectivity index (χ4v) is 2.60. The zero-order valence-electron chi connectivity index (χ0n) is 13.1. The molecule has 2 rings (SSSR count). The second kappa shape index (κ2) is 7.46. The Morgan fingerprint density at radius 1 is 1.35 bits per heavy atom. The van der Waals surface area contributed by atoms with Crippen LogP contribution >= 0.6 is 11.6 Å². The van der Waals surface area contributed by atoms with Gasteiger partial charge in [0.1, 0.15) is 12.6 Å². The van der Waals surface area contributed by atoms with Gasteiger partial charge in [0.15, 0.2) is 0 Å². The minimum Gasteiger partial charge on any atom is -0.350 e. The molecule has 1 saturated heterocycles. The lowest BCUT2D eigenvalue weighted by molar-refractivity contribution is -0.132. The van der Waals surface area contributed by atoms with Crippen LogP contribution in [0.1, 0.15) is 25.8 Å². The third-order valence-corrected chi connectivity index (χ3v) is 3.92. The molecular formula is C16H20ClN3O3. The molecular weight excluding hydrogens is 318 g/mol. The first-order valence-electron chi connectivity index (χ1n) is 7.50. The van der Waals surface area contributed by atoms with Crippen molar-refractivity contribution in [1.29, 1.82) is 0 Å². The van der Waals surface area contributed by atoms with E-state index < -0.39 is 18.0 Å². The van der Waals surface area contributed by atoms with E-state index >= 15 is 0 Å². The number of nitrogens with zero attached hydrogens (tertiary/aromatic N) is 1. The quantitative estimate of drug-likeness (QED) is 0.778. The number of carbonyl (C=O) groups is 3. The van der Waals surface area contributed by atoms with Crippen LogP contribution in [0.3, 0.4) is 0 Å². The molecule has 2 N–H and O–H groups in total. The molecule has 0 saturated carbocycles. The van der Waals surface area contributed by atoms with Crippen molar-refractivity contribution in [2.24, 2.45) is 5.92 Å². The Kier molecular flexibility index (Phi) is 5.60. The van der Waals surface area contributed by atoms with Gasteiger partial charge in [-0.15, -0.1) is 0 Å². The van der Waals surface area contributed by atoms with E-state index in [0.29, 0.717) is 11.4 Å². The van der Waals surface area contributed by atoms with Gasteiger partial charge in [0, 0.05) is 11.6 Å². The van der Waals surface area contributed by atoms with E-state index in [2.05, 4.69) is 10.6 Å². The SMILES string of the molecule is CC(C)C[C@H]1NC(=O)N(CC(=O)NCc2ccccc2Cl)C1=O. The average molecular weight is 338 g/mol. The molecule has 1 aromatic rings. The van der Waals surface area contributed by atoms with Crippen molar-refractivity contribution in [1.82, 2.24) is 15.5 Å². The lowest BCUT2D eigenvalue weighted by Crippen LogP contribution is -2.41. The van der Waals surface area contributed by atoms with Gasteiger partial charge < -0.3 is 10.6 Å². The van der Waals surface area contributed by atoms with Crippen LogP contribution in [0.15, 0.2) is 24.3 Å². The third-order valence-electron chi connectivity index (χ3n) is 3.55. The molecule has 0 aromatic heterocycles. The Labute approximate surface area is 140 Å². The Balaban J connectivity index is 1.89. The lowest BCUT2D eigenvalue weighted by Gasteiger charge is -2.14. The molecule has 4 amide bonds. The minimum atomic E-state index is -0.543. The summed E-state index contributed by atoms with van der Waals surface area (Å²) in [6.45, 7) is 3.90. The summed E-state index contributed by atoms with van der Waals surface area (Å²) in [5, 5.41) is 5.83. The molecule has 0 unspecified atom stereocenters. The van der Waals surface area contributed by atoms with Crippen molar-refractivity contribution < 1.29 is 14.4 Å². The van der Waals surface area contributed by atoms with Crippen LogP contribution in [-0.2, 0) is 16.1 Å². The molecule has 1 aliphatic heterocycles. The Bertz CT molecular complexity index is 618. The first kappa shape index (κ1) is 17.3. The fourth-order valence-electron chi connectivity index (χ4n) is 2.39. The number of amides is 4. The molecule has 0 bridgehead atoms. The number of carbonyl (C=O) groups excluding carboxylic acids is 3. The van der Waals surface area contributed by atoms with Crippen LogP contribution in [0, 0.1) is 5.92 Å². The minimum absolute atomic E-state index is 0.248. The average Bonchev–Trinajstić information content (AvgIpc) is 2.73. The standard InChI is InChI=1S/C16H20ClN3O3/c1-10(2)7-13-15(22)20(16(23)19-13)9-14(21)18-8-11-5-3-4-6-12(11)17/h3-6,10,13H,7-9H2,1-2H3,(H,18,21)(H,19,23)/t13-/m1/s1. The smallest absolute Gasteiger partial charge is 0.325 e. The summed E-state index contributed by atoms with van der Waals surface area (Å²) in [5.41, 5.74) is 0.775. The monoisotopic (exact) mass is 337 g/mol. The van der Waals surface area contributed by atoms with Gasteiger partial charge in [0.2, 0.25) is 5.91 Å². The van der Waals surface area contributed by atoms with E-state index in [1.165, 1.54) is 0 Å². The zero-order chi connectivity index (χ0) is 17.0. The van der Waals surface area contributed by atoms with Gasteiger partial charge in [-0.2, -0.15) is 0 Å². The van der Waals surface area contributed by atoms with Gasteiger partial charge in [0.25, 0.3) is 5.91 Å². The van der Waals surface area contributed by atoms with Gasteiger partial charge in [-0.25, -0.2) is 4.79 Å². The lowest BCUT2D eigenvalue weighted by atomic mass is 10.0. The maximum atomic E-state index is 12.2. The van der Waals surface area contributed by atoms with Crippen molar-refractivity contribution in [3.63, 3.8) is 0 Å². The van der Waals surface area contributed by atoms with Gasteiger partial charge >= 0.3 is 6.03 Å². The van der Waals surface area contributed by atoms with Gasteiger partial charge in [-0.3, -0.25) is 14.5 Å². The van der Waals surface area contributed by atoms with E-state index in [4.69, 9.17) is 11.6 Å². The fraction of sp³-hybridized carbons (Fsp3) is 0.438. The zero-order valence-corrected chi connectivity index (χ0v) is 13.9. The van der Waals surface area contributed by atoms with Crippen molar-refractivity contribution in [2.45, 2.75) is 32.9 Å². The van der Waals surface area contributed by atoms with E-state index in [0.717, 1.165) is 10.5 Å². The molecule has 7 heteroatoms. The summed E-state index contributed by atoms with van der Waals surface area (Å²) in [4.78, 5) is 36.9. The largest absolute Gasteiger partial charge is 0.350 e. The highest BCUT2D eigenvalue weighted by atomic mass is 35.5. The predicted octanol–water partition coefficient (Wildman–Crippen LogP) is 1.92. The van der Waals surface area contributed by atoms with E-state index in [1.54, 1.807) is 18.2 Å². The van der Waals surface area contributed by atoms with Gasteiger partial charge in [0.05, 0.1) is 0 Å². The summed E-state index contributed by atoms with van der Waals surface area (Å²) in [6, 6.07) is 6.09. The highest BCUT2D eigenvalue weighted by Crippen LogP contribution is 2.15. The van der Waals surface area contributed by atoms with E-state index in [-0.39, 0.29) is 24.9 Å². The molecule has 0 spiro atoms. The third kappa shape index (κ3) is 4.45. The van der Waals surface area contributed by atoms with Crippen LogP contribution in [0.2, 0.25) is 5.02 Å². The Hall–Kier alpha value is -2.08. The number of rotatable bonds is 6. The molecule has 23 heavy (non-hydrogen) atoms. The molecule has 1 aromatic carbocycles. The second-order valence-electron chi connectivity index (χ2n) is 5.92. The topological polar surface area (TPSA) is 78.5 Å². The Morgan fingerprint density at radius 3 is 2.70 bits per heavy atom. The Morgan fingerprint density at radius 2 is 2.04 bits per heavy atom. The van der Waals surface area contributed by atoms with E-state index in [1.807, 2.05) is 19.9 Å². The molecule has 0 radical (unpaired) electrons. The number of imide groups is 1. The van der Waals surface area contributed by atoms with Crippen LogP contribution in [0.5, 0.6) is 0 Å². The van der Waals surface area contributed by atoms with Crippen molar-refractivity contribution in [2.75, 3.05) is 6.54 Å². The van der Waals surface area contributed by atoms with Crippen LogP contribution in [0.25, 0.3) is 0 Å². The van der Waals surface area contributed by atoms with Crippen LogP contribution in [0.4, 0.5) is 4.79 Å². The molecule has 1 fully saturated rings. The van der Waals surface area contributed by atoms with Crippen LogP contribution in [-0.4, -0.2) is 35.3 Å². The number of benzene rings is 1.